The molecule has 0 aliphatic carbocycles. The molecule has 0 saturated carbocycles. The van der Waals surface area contributed by atoms with E-state index >= 15 is 0 Å². The Balaban J connectivity index is 2.56. The van der Waals surface area contributed by atoms with Gasteiger partial charge in [-0.05, 0) is 18.2 Å². The van der Waals surface area contributed by atoms with Gasteiger partial charge in [0.25, 0.3) is 0 Å². The first-order valence-electron chi connectivity index (χ1n) is 5.02. The number of aromatic nitrogens is 1. The second kappa shape index (κ2) is 4.90. The van der Waals surface area contributed by atoms with Gasteiger partial charge in [-0.3, -0.25) is 4.79 Å². The quantitative estimate of drug-likeness (QED) is 0.742. The Morgan fingerprint density at radius 3 is 2.16 bits per heavy atom. The van der Waals surface area contributed by atoms with Gasteiger partial charge in [0, 0.05) is 18.0 Å². The third-order valence-corrected chi connectivity index (χ3v) is 3.03. The zero-order valence-electron chi connectivity index (χ0n) is 9.21. The summed E-state index contributed by atoms with van der Waals surface area (Å²) in [6.45, 7) is 0. The van der Waals surface area contributed by atoms with Crippen molar-refractivity contribution in [2.24, 2.45) is 0 Å². The molecule has 1 aromatic carbocycles. The van der Waals surface area contributed by atoms with Crippen molar-refractivity contribution in [2.45, 2.75) is 6.18 Å². The van der Waals surface area contributed by atoms with Gasteiger partial charge in [0.15, 0.2) is 6.29 Å². The number of hydrogen-bond acceptors (Lipinski definition) is 1. The number of aldehydes is 1. The molecule has 2 nitrogen and oxygen atoms in total. The Kier molecular flexibility index (Phi) is 3.60. The van der Waals surface area contributed by atoms with E-state index in [0.717, 1.165) is 12.1 Å². The van der Waals surface area contributed by atoms with Crippen molar-refractivity contribution in [2.75, 3.05) is 0 Å². The van der Waals surface area contributed by atoms with Crippen LogP contribution in [0.15, 0.2) is 30.6 Å². The first-order chi connectivity index (χ1) is 8.82. The number of rotatable bonds is 2. The largest absolute Gasteiger partial charge is 0.416 e. The minimum atomic E-state index is -4.52. The summed E-state index contributed by atoms with van der Waals surface area (Å²) in [5, 5.41) is -0.291. The summed E-state index contributed by atoms with van der Waals surface area (Å²) in [7, 11) is 0. The average Bonchev–Trinajstić information content (AvgIpc) is 2.75. The van der Waals surface area contributed by atoms with Gasteiger partial charge in [0.05, 0.1) is 21.3 Å². The molecule has 0 spiro atoms. The zero-order chi connectivity index (χ0) is 14.2. The summed E-state index contributed by atoms with van der Waals surface area (Å²) in [6, 6.07) is 3.09. The van der Waals surface area contributed by atoms with Gasteiger partial charge in [0.2, 0.25) is 0 Å². The van der Waals surface area contributed by atoms with Gasteiger partial charge in [-0.2, -0.15) is 13.2 Å². The highest BCUT2D eigenvalue weighted by atomic mass is 35.5. The molecule has 0 saturated heterocycles. The second-order valence-electron chi connectivity index (χ2n) is 3.76. The predicted molar refractivity (Wildman–Crippen MR) is 66.2 cm³/mol. The number of hydrogen-bond donors (Lipinski definition) is 0. The fourth-order valence-corrected chi connectivity index (χ4v) is 2.28. The summed E-state index contributed by atoms with van der Waals surface area (Å²) >= 11 is 11.7. The first-order valence-corrected chi connectivity index (χ1v) is 5.78. The molecule has 7 heteroatoms. The van der Waals surface area contributed by atoms with Crippen molar-refractivity contribution in [3.63, 3.8) is 0 Å². The molecule has 0 atom stereocenters. The molecule has 0 unspecified atom stereocenters. The maximum Gasteiger partial charge on any atom is 0.416 e. The number of nitrogens with zero attached hydrogens (tertiary/aromatic N) is 1. The van der Waals surface area contributed by atoms with Gasteiger partial charge >= 0.3 is 6.18 Å². The number of benzene rings is 1. The number of carbonyl (C=O) groups excluding carboxylic acids is 1. The highest BCUT2D eigenvalue weighted by Crippen LogP contribution is 2.37. The van der Waals surface area contributed by atoms with Crippen LogP contribution in [0.4, 0.5) is 13.2 Å². The summed E-state index contributed by atoms with van der Waals surface area (Å²) in [4.78, 5) is 10.6. The van der Waals surface area contributed by atoms with E-state index < -0.39 is 11.7 Å². The molecule has 0 N–H and O–H groups in total. The van der Waals surface area contributed by atoms with Crippen molar-refractivity contribution in [3.05, 3.63) is 51.8 Å². The summed E-state index contributed by atoms with van der Waals surface area (Å²) in [5.74, 6) is 0. The van der Waals surface area contributed by atoms with Gasteiger partial charge < -0.3 is 4.57 Å². The maximum absolute atomic E-state index is 12.6. The molecule has 100 valence electrons. The SMILES string of the molecule is O=Cc1ccn(-c2c(Cl)cc(C(F)(F)F)cc2Cl)c1. The number of halogens is 5. The molecule has 1 heterocycles. The van der Waals surface area contributed by atoms with Crippen LogP contribution < -0.4 is 0 Å². The van der Waals surface area contributed by atoms with E-state index in [1.54, 1.807) is 0 Å². The molecule has 19 heavy (non-hydrogen) atoms. The molecular weight excluding hydrogens is 302 g/mol. The van der Waals surface area contributed by atoms with Crippen LogP contribution in [0.1, 0.15) is 15.9 Å². The van der Waals surface area contributed by atoms with Gasteiger partial charge in [-0.1, -0.05) is 23.2 Å². The van der Waals surface area contributed by atoms with Crippen LogP contribution in [0.25, 0.3) is 5.69 Å². The third-order valence-electron chi connectivity index (χ3n) is 2.45. The third kappa shape index (κ3) is 2.77. The van der Waals surface area contributed by atoms with Gasteiger partial charge in [0.1, 0.15) is 0 Å². The van der Waals surface area contributed by atoms with Crippen molar-refractivity contribution >= 4 is 29.5 Å². The van der Waals surface area contributed by atoms with Crippen LogP contribution in [0.2, 0.25) is 10.0 Å². The lowest BCUT2D eigenvalue weighted by Gasteiger charge is -2.12. The van der Waals surface area contributed by atoms with Crippen molar-refractivity contribution in [1.82, 2.24) is 4.57 Å². The highest BCUT2D eigenvalue weighted by molar-refractivity contribution is 6.37. The zero-order valence-corrected chi connectivity index (χ0v) is 10.7. The molecule has 2 aromatic rings. The minimum absolute atomic E-state index is 0.145. The lowest BCUT2D eigenvalue weighted by molar-refractivity contribution is -0.137. The van der Waals surface area contributed by atoms with Crippen LogP contribution in [-0.4, -0.2) is 10.9 Å². The summed E-state index contributed by atoms with van der Waals surface area (Å²) < 4.78 is 39.1. The summed E-state index contributed by atoms with van der Waals surface area (Å²) in [5.41, 5.74) is -0.356. The van der Waals surface area contributed by atoms with Crippen molar-refractivity contribution in [3.8, 4) is 5.69 Å². The van der Waals surface area contributed by atoms with Crippen LogP contribution in [-0.2, 0) is 6.18 Å². The molecule has 0 aliphatic rings. The standard InChI is InChI=1S/C12H6Cl2F3NO/c13-9-3-8(12(15,16)17)4-10(14)11(9)18-2-1-7(5-18)6-19/h1-6H. The minimum Gasteiger partial charge on any atom is -0.320 e. The van der Waals surface area contributed by atoms with Gasteiger partial charge in [-0.25, -0.2) is 0 Å². The smallest absolute Gasteiger partial charge is 0.320 e. The van der Waals surface area contributed by atoms with Crippen molar-refractivity contribution < 1.29 is 18.0 Å². The molecule has 1 aromatic heterocycles. The predicted octanol–water partition coefficient (Wildman–Crippen LogP) is 4.62. The second-order valence-corrected chi connectivity index (χ2v) is 4.57. The lowest BCUT2D eigenvalue weighted by atomic mass is 10.2. The molecule has 0 fully saturated rings. The van der Waals surface area contributed by atoms with E-state index in [4.69, 9.17) is 23.2 Å². The van der Waals surface area contributed by atoms with Crippen LogP contribution in [0.3, 0.4) is 0 Å². The Morgan fingerprint density at radius 2 is 1.74 bits per heavy atom. The topological polar surface area (TPSA) is 22.0 Å². The Labute approximate surface area is 116 Å². The Morgan fingerprint density at radius 1 is 1.16 bits per heavy atom. The van der Waals surface area contributed by atoms with E-state index in [1.807, 2.05) is 0 Å². The van der Waals surface area contributed by atoms with Crippen molar-refractivity contribution in [1.29, 1.82) is 0 Å². The lowest BCUT2D eigenvalue weighted by Crippen LogP contribution is -2.06. The normalized spacial score (nSPS) is 11.6. The molecule has 0 aliphatic heterocycles. The average molecular weight is 308 g/mol. The van der Waals surface area contributed by atoms with Gasteiger partial charge in [-0.15, -0.1) is 0 Å². The van der Waals surface area contributed by atoms with Crippen LogP contribution in [0.5, 0.6) is 0 Å². The van der Waals surface area contributed by atoms with E-state index in [2.05, 4.69) is 0 Å². The number of carbonyl (C=O) groups is 1. The fraction of sp³-hybridized carbons (Fsp3) is 0.0833. The van der Waals surface area contributed by atoms with E-state index in [-0.39, 0.29) is 15.7 Å². The first kappa shape index (κ1) is 14.0. The monoisotopic (exact) mass is 307 g/mol. The maximum atomic E-state index is 12.6. The highest BCUT2D eigenvalue weighted by Gasteiger charge is 2.32. The molecular formula is C12H6Cl2F3NO. The molecule has 0 radical (unpaired) electrons. The summed E-state index contributed by atoms with van der Waals surface area (Å²) in [6.07, 6.45) is -0.990. The number of alkyl halides is 3. The van der Waals surface area contributed by atoms with Crippen LogP contribution in [0, 0.1) is 0 Å². The molecule has 0 amide bonds. The van der Waals surface area contributed by atoms with Crippen LogP contribution >= 0.6 is 23.2 Å². The van der Waals surface area contributed by atoms with E-state index in [0.29, 0.717) is 11.8 Å². The Bertz CT molecular complexity index is 611. The molecule has 2 rings (SSSR count). The van der Waals surface area contributed by atoms with E-state index in [9.17, 15) is 18.0 Å². The molecule has 0 bridgehead atoms. The van der Waals surface area contributed by atoms with E-state index in [1.165, 1.54) is 23.0 Å². The Hall–Kier alpha value is -1.46. The fourth-order valence-electron chi connectivity index (χ4n) is 1.60.